The Labute approximate surface area is 130 Å². The Kier molecular flexibility index (Phi) is 7.29. The van der Waals surface area contributed by atoms with Crippen molar-refractivity contribution in [2.75, 3.05) is 12.3 Å². The highest BCUT2D eigenvalue weighted by atomic mass is 32.2. The maximum absolute atomic E-state index is 11.9. The van der Waals surface area contributed by atoms with Crippen LogP contribution in [0.4, 0.5) is 0 Å². The minimum absolute atomic E-state index is 0.0470. The third-order valence-electron chi connectivity index (χ3n) is 3.74. The van der Waals surface area contributed by atoms with Gasteiger partial charge in [-0.2, -0.15) is 0 Å². The summed E-state index contributed by atoms with van der Waals surface area (Å²) in [6, 6.07) is 9.97. The molecule has 0 fully saturated rings. The fourth-order valence-corrected chi connectivity index (χ4v) is 2.91. The molecule has 4 nitrogen and oxygen atoms in total. The fraction of sp³-hybridized carbons (Fsp3) is 0.500. The Balaban J connectivity index is 2.35. The van der Waals surface area contributed by atoms with Crippen LogP contribution in [0.15, 0.2) is 35.2 Å². The Bertz CT molecular complexity index is 458. The quantitative estimate of drug-likeness (QED) is 0.543. The molecule has 0 spiro atoms. The van der Waals surface area contributed by atoms with Crippen LogP contribution in [0.3, 0.4) is 0 Å². The van der Waals surface area contributed by atoms with E-state index in [4.69, 9.17) is 0 Å². The maximum Gasteiger partial charge on any atom is 0.310 e. The fourth-order valence-electron chi connectivity index (χ4n) is 2.12. The van der Waals surface area contributed by atoms with E-state index in [9.17, 15) is 14.7 Å². The van der Waals surface area contributed by atoms with E-state index in [1.54, 1.807) is 11.8 Å². The van der Waals surface area contributed by atoms with Crippen LogP contribution in [0.25, 0.3) is 0 Å². The molecule has 1 aromatic carbocycles. The number of rotatable bonds is 9. The summed E-state index contributed by atoms with van der Waals surface area (Å²) < 4.78 is 0. The van der Waals surface area contributed by atoms with E-state index in [1.165, 1.54) is 0 Å². The van der Waals surface area contributed by atoms with Crippen molar-refractivity contribution in [2.45, 2.75) is 38.0 Å². The van der Waals surface area contributed by atoms with E-state index in [-0.39, 0.29) is 12.3 Å². The van der Waals surface area contributed by atoms with Crippen LogP contribution in [0.1, 0.15) is 33.1 Å². The van der Waals surface area contributed by atoms with Gasteiger partial charge in [0, 0.05) is 23.6 Å². The van der Waals surface area contributed by atoms with Gasteiger partial charge in [0.25, 0.3) is 0 Å². The molecule has 0 bridgehead atoms. The van der Waals surface area contributed by atoms with Gasteiger partial charge in [0.1, 0.15) is 0 Å². The van der Waals surface area contributed by atoms with E-state index in [1.807, 2.05) is 44.2 Å². The summed E-state index contributed by atoms with van der Waals surface area (Å²) in [7, 11) is 0. The minimum atomic E-state index is -0.934. The van der Waals surface area contributed by atoms with Crippen molar-refractivity contribution in [1.82, 2.24) is 5.32 Å². The highest BCUT2D eigenvalue weighted by Gasteiger charge is 2.36. The van der Waals surface area contributed by atoms with Crippen LogP contribution in [0, 0.1) is 5.41 Å². The summed E-state index contributed by atoms with van der Waals surface area (Å²) in [5.41, 5.74) is -0.934. The monoisotopic (exact) mass is 309 g/mol. The van der Waals surface area contributed by atoms with Gasteiger partial charge in [-0.1, -0.05) is 32.0 Å². The highest BCUT2D eigenvalue weighted by Crippen LogP contribution is 2.30. The first kappa shape index (κ1) is 17.6. The lowest BCUT2D eigenvalue weighted by Crippen LogP contribution is -2.37. The summed E-state index contributed by atoms with van der Waals surface area (Å²) in [4.78, 5) is 24.4. The predicted molar refractivity (Wildman–Crippen MR) is 85.4 cm³/mol. The van der Waals surface area contributed by atoms with E-state index in [2.05, 4.69) is 5.32 Å². The Morgan fingerprint density at radius 1 is 1.19 bits per heavy atom. The van der Waals surface area contributed by atoms with Crippen LogP contribution < -0.4 is 5.32 Å². The number of hydrogen-bond acceptors (Lipinski definition) is 3. The number of carbonyl (C=O) groups excluding carboxylic acids is 1. The van der Waals surface area contributed by atoms with Crippen LogP contribution in [-0.4, -0.2) is 29.3 Å². The summed E-state index contributed by atoms with van der Waals surface area (Å²) in [6.07, 6.45) is 0.974. The topological polar surface area (TPSA) is 66.4 Å². The van der Waals surface area contributed by atoms with Gasteiger partial charge in [-0.15, -0.1) is 11.8 Å². The standard InChI is InChI=1S/C16H23NO3S/c1-3-16(4-2,15(19)20)12-14(18)17-10-11-21-13-8-6-5-7-9-13/h5-9H,3-4,10-12H2,1-2H3,(H,17,18)(H,19,20). The second-order valence-corrected chi connectivity index (χ2v) is 6.15. The maximum atomic E-state index is 11.9. The number of carboxylic acids is 1. The molecule has 0 radical (unpaired) electrons. The van der Waals surface area contributed by atoms with Crippen LogP contribution in [0.5, 0.6) is 0 Å². The summed E-state index contributed by atoms with van der Waals surface area (Å²) >= 11 is 1.67. The number of hydrogen-bond donors (Lipinski definition) is 2. The number of nitrogens with one attached hydrogen (secondary N) is 1. The molecule has 5 heteroatoms. The molecule has 0 aromatic heterocycles. The van der Waals surface area contributed by atoms with Crippen molar-refractivity contribution < 1.29 is 14.7 Å². The van der Waals surface area contributed by atoms with Crippen LogP contribution >= 0.6 is 11.8 Å². The van der Waals surface area contributed by atoms with Gasteiger partial charge >= 0.3 is 5.97 Å². The average Bonchev–Trinajstić information content (AvgIpc) is 2.50. The van der Waals surface area contributed by atoms with E-state index < -0.39 is 11.4 Å². The Morgan fingerprint density at radius 3 is 2.33 bits per heavy atom. The lowest BCUT2D eigenvalue weighted by Gasteiger charge is -2.25. The second kappa shape index (κ2) is 8.72. The zero-order valence-corrected chi connectivity index (χ0v) is 13.4. The molecule has 0 aliphatic carbocycles. The molecule has 0 aliphatic heterocycles. The molecule has 21 heavy (non-hydrogen) atoms. The first-order valence-electron chi connectivity index (χ1n) is 7.22. The molecule has 116 valence electrons. The molecule has 0 unspecified atom stereocenters. The number of amides is 1. The van der Waals surface area contributed by atoms with Gasteiger partial charge in [0.15, 0.2) is 0 Å². The predicted octanol–water partition coefficient (Wildman–Crippen LogP) is 3.18. The smallest absolute Gasteiger partial charge is 0.310 e. The van der Waals surface area contributed by atoms with Gasteiger partial charge in [-0.3, -0.25) is 9.59 Å². The van der Waals surface area contributed by atoms with Crippen LogP contribution in [-0.2, 0) is 9.59 Å². The van der Waals surface area contributed by atoms with E-state index >= 15 is 0 Å². The Morgan fingerprint density at radius 2 is 1.81 bits per heavy atom. The van der Waals surface area contributed by atoms with Crippen molar-refractivity contribution in [3.63, 3.8) is 0 Å². The first-order chi connectivity index (χ1) is 10.0. The largest absolute Gasteiger partial charge is 0.481 e. The molecule has 1 rings (SSSR count). The lowest BCUT2D eigenvalue weighted by molar-refractivity contribution is -0.152. The average molecular weight is 309 g/mol. The van der Waals surface area contributed by atoms with Crippen LogP contribution in [0.2, 0.25) is 0 Å². The van der Waals surface area contributed by atoms with Crippen molar-refractivity contribution >= 4 is 23.6 Å². The van der Waals surface area contributed by atoms with Crippen molar-refractivity contribution in [1.29, 1.82) is 0 Å². The lowest BCUT2D eigenvalue weighted by atomic mass is 9.79. The molecule has 1 aromatic rings. The molecule has 0 saturated carbocycles. The number of benzene rings is 1. The number of thioether (sulfide) groups is 1. The molecule has 0 atom stereocenters. The third kappa shape index (κ3) is 5.42. The zero-order valence-electron chi connectivity index (χ0n) is 12.6. The van der Waals surface area contributed by atoms with Gasteiger partial charge in [0.05, 0.1) is 5.41 Å². The minimum Gasteiger partial charge on any atom is -0.481 e. The van der Waals surface area contributed by atoms with Crippen molar-refractivity contribution in [3.8, 4) is 0 Å². The molecule has 0 heterocycles. The third-order valence-corrected chi connectivity index (χ3v) is 4.76. The number of aliphatic carboxylic acids is 1. The van der Waals surface area contributed by atoms with Gasteiger partial charge in [-0.25, -0.2) is 0 Å². The highest BCUT2D eigenvalue weighted by molar-refractivity contribution is 7.99. The normalized spacial score (nSPS) is 11.1. The molecule has 2 N–H and O–H groups in total. The SMILES string of the molecule is CCC(CC)(CC(=O)NCCSc1ccccc1)C(=O)O. The van der Waals surface area contributed by atoms with E-state index in [0.717, 1.165) is 10.6 Å². The zero-order chi connectivity index (χ0) is 15.7. The summed E-state index contributed by atoms with van der Waals surface area (Å²) in [6.45, 7) is 4.17. The van der Waals surface area contributed by atoms with Crippen molar-refractivity contribution in [3.05, 3.63) is 30.3 Å². The molecular formula is C16H23NO3S. The van der Waals surface area contributed by atoms with Gasteiger partial charge in [-0.05, 0) is 25.0 Å². The molecule has 0 saturated heterocycles. The second-order valence-electron chi connectivity index (χ2n) is 4.98. The molecule has 1 amide bonds. The molecular weight excluding hydrogens is 286 g/mol. The summed E-state index contributed by atoms with van der Waals surface area (Å²) in [5, 5.41) is 12.1. The van der Waals surface area contributed by atoms with Crippen molar-refractivity contribution in [2.24, 2.45) is 5.41 Å². The summed E-state index contributed by atoms with van der Waals surface area (Å²) in [5.74, 6) is -0.301. The Hall–Kier alpha value is -1.49. The molecule has 0 aliphatic rings. The first-order valence-corrected chi connectivity index (χ1v) is 8.20. The number of carbonyl (C=O) groups is 2. The van der Waals surface area contributed by atoms with Gasteiger partial charge in [0.2, 0.25) is 5.91 Å². The van der Waals surface area contributed by atoms with Gasteiger partial charge < -0.3 is 10.4 Å². The van der Waals surface area contributed by atoms with E-state index in [0.29, 0.717) is 19.4 Å². The number of carboxylic acid groups (broad SMARTS) is 1.